The van der Waals surface area contributed by atoms with E-state index in [0.29, 0.717) is 0 Å². The zero-order valence-electron chi connectivity index (χ0n) is 31.1. The van der Waals surface area contributed by atoms with E-state index in [1.54, 1.807) is 0 Å². The van der Waals surface area contributed by atoms with Crippen LogP contribution < -0.4 is 20.7 Å². The molecule has 0 radical (unpaired) electrons. The van der Waals surface area contributed by atoms with Gasteiger partial charge in [0.1, 0.15) is 0 Å². The van der Waals surface area contributed by atoms with Gasteiger partial charge in [-0.1, -0.05) is 188 Å². The lowest BCUT2D eigenvalue weighted by molar-refractivity contribution is 0.132. The van der Waals surface area contributed by atoms with Gasteiger partial charge in [-0.15, -0.1) is 12.3 Å². The molecule has 50 heavy (non-hydrogen) atoms. The minimum Gasteiger partial charge on any atom is -0.404 e. The first-order chi connectivity index (χ1) is 23.9. The highest BCUT2D eigenvalue weighted by Crippen LogP contribution is 2.47. The minimum absolute atomic E-state index is 0.0253. The van der Waals surface area contributed by atoms with Gasteiger partial charge in [-0.25, -0.2) is 0 Å². The van der Waals surface area contributed by atoms with Crippen LogP contribution in [-0.2, 0) is 8.85 Å². The summed E-state index contributed by atoms with van der Waals surface area (Å²) in [4.78, 5) is 0. The largest absolute Gasteiger partial charge is 0.404 e. The molecule has 0 unspecified atom stereocenters. The normalized spacial score (nSPS) is 20.9. The summed E-state index contributed by atoms with van der Waals surface area (Å²) in [6.07, 6.45) is 10.8. The van der Waals surface area contributed by atoms with Crippen molar-refractivity contribution in [3.63, 3.8) is 0 Å². The topological polar surface area (TPSA) is 38.7 Å². The zero-order valence-corrected chi connectivity index (χ0v) is 33.1. The number of aliphatic hydroxyl groups is 1. The molecule has 5 rings (SSSR count). The summed E-state index contributed by atoms with van der Waals surface area (Å²) in [5.41, 5.74) is 0. The third-order valence-electron chi connectivity index (χ3n) is 10.7. The van der Waals surface area contributed by atoms with Crippen molar-refractivity contribution in [1.29, 1.82) is 0 Å². The Morgan fingerprint density at radius 3 is 1.36 bits per heavy atom. The van der Waals surface area contributed by atoms with Crippen molar-refractivity contribution >= 4 is 37.4 Å². The van der Waals surface area contributed by atoms with E-state index in [4.69, 9.17) is 15.3 Å². The van der Waals surface area contributed by atoms with Gasteiger partial charge in [0, 0.05) is 12.3 Å². The van der Waals surface area contributed by atoms with E-state index in [1.807, 2.05) is 6.08 Å². The maximum absolute atomic E-state index is 10.8. The Balaban J connectivity index is 1.69. The second-order valence-electron chi connectivity index (χ2n) is 15.9. The molecule has 1 N–H and O–H groups in total. The number of benzene rings is 4. The summed E-state index contributed by atoms with van der Waals surface area (Å²) in [6, 6.07) is 43.6. The van der Waals surface area contributed by atoms with Crippen LogP contribution in [0.3, 0.4) is 0 Å². The van der Waals surface area contributed by atoms with E-state index in [9.17, 15) is 5.11 Å². The Kier molecular flexibility index (Phi) is 11.9. The quantitative estimate of drug-likeness (QED) is 0.0930. The van der Waals surface area contributed by atoms with Gasteiger partial charge in [0.15, 0.2) is 0 Å². The molecule has 0 aliphatic heterocycles. The van der Waals surface area contributed by atoms with Gasteiger partial charge in [-0.2, -0.15) is 0 Å². The van der Waals surface area contributed by atoms with Crippen LogP contribution in [0.1, 0.15) is 67.7 Å². The molecule has 1 saturated carbocycles. The van der Waals surface area contributed by atoms with Gasteiger partial charge in [0.05, 0.1) is 18.3 Å². The molecule has 5 atom stereocenters. The average molecular weight is 701 g/mol. The fraction of sp³-hybridized carbons (Fsp3) is 0.378. The fourth-order valence-electron chi connectivity index (χ4n) is 8.43. The summed E-state index contributed by atoms with van der Waals surface area (Å²) in [5.74, 6) is 2.83. The second kappa shape index (κ2) is 15.8. The molecular formula is C45H56O3Si2. The van der Waals surface area contributed by atoms with Crippen LogP contribution in [0.4, 0.5) is 0 Å². The summed E-state index contributed by atoms with van der Waals surface area (Å²) in [6.45, 7) is 16.3. The van der Waals surface area contributed by atoms with E-state index in [1.165, 1.54) is 20.7 Å². The van der Waals surface area contributed by atoms with Gasteiger partial charge in [0.2, 0.25) is 0 Å². The number of terminal acetylenes is 1. The van der Waals surface area contributed by atoms with E-state index >= 15 is 0 Å². The molecule has 0 saturated heterocycles. The summed E-state index contributed by atoms with van der Waals surface area (Å²) >= 11 is 0. The van der Waals surface area contributed by atoms with Crippen LogP contribution in [-0.4, -0.2) is 40.1 Å². The van der Waals surface area contributed by atoms with Crippen molar-refractivity contribution in [2.45, 2.75) is 96.1 Å². The molecule has 4 aromatic carbocycles. The van der Waals surface area contributed by atoms with Gasteiger partial charge in [-0.3, -0.25) is 0 Å². The Hall–Kier alpha value is -3.51. The Morgan fingerprint density at radius 1 is 0.680 bits per heavy atom. The highest BCUT2D eigenvalue weighted by atomic mass is 28.4. The van der Waals surface area contributed by atoms with Crippen molar-refractivity contribution in [2.24, 2.45) is 11.8 Å². The summed E-state index contributed by atoms with van der Waals surface area (Å²) in [5, 5.41) is 15.6. The summed E-state index contributed by atoms with van der Waals surface area (Å²) in [7, 11) is -5.75. The molecular weight excluding hydrogens is 645 g/mol. The highest BCUT2D eigenvalue weighted by Gasteiger charge is 2.57. The monoisotopic (exact) mass is 700 g/mol. The highest BCUT2D eigenvalue weighted by molar-refractivity contribution is 7.00. The predicted octanol–water partition coefficient (Wildman–Crippen LogP) is 7.86. The smallest absolute Gasteiger partial charge is 0.261 e. The lowest BCUT2D eigenvalue weighted by Crippen LogP contribution is -2.68. The molecule has 0 amide bonds. The summed E-state index contributed by atoms with van der Waals surface area (Å²) < 4.78 is 15.8. The Labute approximate surface area is 304 Å². The van der Waals surface area contributed by atoms with Crippen LogP contribution in [0, 0.1) is 24.2 Å². The van der Waals surface area contributed by atoms with Crippen molar-refractivity contribution in [2.75, 3.05) is 0 Å². The molecule has 1 fully saturated rings. The van der Waals surface area contributed by atoms with E-state index in [-0.39, 0.29) is 40.5 Å². The van der Waals surface area contributed by atoms with Crippen molar-refractivity contribution < 1.29 is 14.0 Å². The van der Waals surface area contributed by atoms with Gasteiger partial charge in [-0.05, 0) is 43.2 Å². The first kappa shape index (κ1) is 37.7. The molecule has 3 nitrogen and oxygen atoms in total. The lowest BCUT2D eigenvalue weighted by Gasteiger charge is -2.46. The Morgan fingerprint density at radius 2 is 1.04 bits per heavy atom. The average Bonchev–Trinajstić information content (AvgIpc) is 3.44. The fourth-order valence-corrected chi connectivity index (χ4v) is 17.9. The van der Waals surface area contributed by atoms with Crippen molar-refractivity contribution in [3.05, 3.63) is 133 Å². The molecule has 0 heterocycles. The lowest BCUT2D eigenvalue weighted by atomic mass is 9.90. The van der Waals surface area contributed by atoms with Crippen LogP contribution >= 0.6 is 0 Å². The minimum atomic E-state index is -2.90. The molecule has 5 heteroatoms. The third kappa shape index (κ3) is 7.42. The van der Waals surface area contributed by atoms with Gasteiger partial charge < -0.3 is 14.0 Å². The standard InChI is InChI=1S/C45H56O3Si2/c1-9-23-35(46)32-33-41-40(10-2)42(47-49(44(3,4)5,36-24-15-11-16-25-36)37-26-17-12-18-27-37)34-43(41)48-50(45(6,7)8,38-28-19-13-20-29-38)39-30-21-14-22-31-39/h1,11-22,24-33,35,40-43,46H,10,23,34H2,2-8H3/b33-32-/t35-,40-,41+,42-,43+/m0/s1. The molecule has 1 aliphatic rings. The van der Waals surface area contributed by atoms with E-state index in [0.717, 1.165) is 12.8 Å². The molecule has 0 spiro atoms. The first-order valence-electron chi connectivity index (χ1n) is 18.3. The van der Waals surface area contributed by atoms with Crippen LogP contribution in [0.5, 0.6) is 0 Å². The van der Waals surface area contributed by atoms with Crippen molar-refractivity contribution in [1.82, 2.24) is 0 Å². The van der Waals surface area contributed by atoms with Gasteiger partial charge >= 0.3 is 0 Å². The third-order valence-corrected chi connectivity index (χ3v) is 20.8. The predicted molar refractivity (Wildman–Crippen MR) is 215 cm³/mol. The second-order valence-corrected chi connectivity index (χ2v) is 24.4. The first-order valence-corrected chi connectivity index (χ1v) is 22.1. The van der Waals surface area contributed by atoms with Crippen LogP contribution in [0.25, 0.3) is 0 Å². The maximum Gasteiger partial charge on any atom is 0.261 e. The van der Waals surface area contributed by atoms with Crippen LogP contribution in [0.15, 0.2) is 133 Å². The van der Waals surface area contributed by atoms with E-state index in [2.05, 4.69) is 182 Å². The molecule has 0 aromatic heterocycles. The van der Waals surface area contributed by atoms with E-state index < -0.39 is 22.7 Å². The number of hydrogen-bond donors (Lipinski definition) is 1. The SMILES string of the molecule is C#CC[C@H](O)/C=C\[C@@H]1[C@H](CC)[C@@H](O[Si](c2ccccc2)(c2ccccc2)C(C)(C)C)C[C@H]1O[Si](c1ccccc1)(c1ccccc1)C(C)(C)C. The number of rotatable bonds is 12. The number of hydrogen-bond acceptors (Lipinski definition) is 3. The van der Waals surface area contributed by atoms with Gasteiger partial charge in [0.25, 0.3) is 16.6 Å². The molecule has 4 aromatic rings. The molecule has 0 bridgehead atoms. The Bertz CT molecular complexity index is 1620. The molecule has 262 valence electrons. The molecule has 1 aliphatic carbocycles. The zero-order chi connectivity index (χ0) is 36.0. The maximum atomic E-state index is 10.8. The number of aliphatic hydroxyl groups excluding tert-OH is 1. The van der Waals surface area contributed by atoms with Crippen molar-refractivity contribution in [3.8, 4) is 12.3 Å². The van der Waals surface area contributed by atoms with Crippen LogP contribution in [0.2, 0.25) is 10.1 Å².